The summed E-state index contributed by atoms with van der Waals surface area (Å²) in [5, 5.41) is 9.19. The molecule has 0 amide bonds. The second-order valence-electron chi connectivity index (χ2n) is 5.94. The Bertz CT molecular complexity index is 844. The molecule has 0 unspecified atom stereocenters. The number of ether oxygens (including phenoxy) is 1. The van der Waals surface area contributed by atoms with Crippen LogP contribution in [0.3, 0.4) is 0 Å². The number of hydrogen-bond acceptors (Lipinski definition) is 5. The van der Waals surface area contributed by atoms with E-state index >= 15 is 0 Å². The third-order valence-corrected chi connectivity index (χ3v) is 5.23. The van der Waals surface area contributed by atoms with Crippen LogP contribution < -0.4 is 9.64 Å². The summed E-state index contributed by atoms with van der Waals surface area (Å²) in [5.41, 5.74) is 2.17. The summed E-state index contributed by atoms with van der Waals surface area (Å²) in [4.78, 5) is 6.92. The largest absolute Gasteiger partial charge is 0.495 e. The molecule has 1 aliphatic heterocycles. The van der Waals surface area contributed by atoms with Gasteiger partial charge in [-0.3, -0.25) is 4.98 Å². The first kappa shape index (κ1) is 15.4. The minimum atomic E-state index is 0.434. The van der Waals surface area contributed by atoms with Gasteiger partial charge in [-0.2, -0.15) is 0 Å². The molecule has 0 bridgehead atoms. The highest BCUT2D eigenvalue weighted by atomic mass is 79.9. The number of rotatable bonds is 3. The van der Waals surface area contributed by atoms with Crippen LogP contribution in [0.5, 0.6) is 5.75 Å². The third-order valence-electron chi connectivity index (χ3n) is 4.61. The van der Waals surface area contributed by atoms with Crippen LogP contribution in [0.2, 0.25) is 0 Å². The Kier molecular flexibility index (Phi) is 4.10. The number of anilines is 1. The summed E-state index contributed by atoms with van der Waals surface area (Å²) in [7, 11) is 1.67. The van der Waals surface area contributed by atoms with Crippen LogP contribution in [0.15, 0.2) is 41.3 Å². The van der Waals surface area contributed by atoms with Crippen molar-refractivity contribution in [3.05, 3.63) is 41.3 Å². The van der Waals surface area contributed by atoms with Gasteiger partial charge in [0.25, 0.3) is 0 Å². The molecule has 3 heterocycles. The Morgan fingerprint density at radius 2 is 2.04 bits per heavy atom. The van der Waals surface area contributed by atoms with Gasteiger partial charge in [-0.1, -0.05) is 5.21 Å². The molecule has 1 aliphatic rings. The predicted octanol–water partition coefficient (Wildman–Crippen LogP) is 3.44. The summed E-state index contributed by atoms with van der Waals surface area (Å²) in [5.74, 6) is 0.803. The molecule has 2 aromatic heterocycles. The fourth-order valence-corrected chi connectivity index (χ4v) is 3.85. The van der Waals surface area contributed by atoms with Crippen molar-refractivity contribution in [3.63, 3.8) is 0 Å². The molecule has 0 atom stereocenters. The molecule has 124 valence electrons. The normalized spacial score (nSPS) is 15.8. The first-order valence-corrected chi connectivity index (χ1v) is 8.78. The van der Waals surface area contributed by atoms with E-state index in [1.807, 2.05) is 23.1 Å². The molecule has 0 saturated carbocycles. The van der Waals surface area contributed by atoms with Gasteiger partial charge >= 0.3 is 0 Å². The Balaban J connectivity index is 1.62. The number of halogens is 1. The lowest BCUT2D eigenvalue weighted by Crippen LogP contribution is -2.35. The van der Waals surface area contributed by atoms with Crippen molar-refractivity contribution in [2.45, 2.75) is 18.9 Å². The molecule has 1 aromatic carbocycles. The van der Waals surface area contributed by atoms with Gasteiger partial charge in [-0.05, 0) is 40.9 Å². The Morgan fingerprint density at radius 1 is 1.21 bits per heavy atom. The molecule has 0 N–H and O–H groups in total. The number of hydrogen-bond donors (Lipinski definition) is 0. The number of pyridine rings is 1. The van der Waals surface area contributed by atoms with Crippen LogP contribution in [0, 0.1) is 0 Å². The molecule has 7 heteroatoms. The van der Waals surface area contributed by atoms with E-state index in [1.165, 1.54) is 5.69 Å². The van der Waals surface area contributed by atoms with E-state index in [0.717, 1.165) is 47.1 Å². The molecule has 1 saturated heterocycles. The number of aromatic nitrogens is 4. The van der Waals surface area contributed by atoms with Gasteiger partial charge in [0.15, 0.2) is 0 Å². The van der Waals surface area contributed by atoms with Crippen LogP contribution in [0.4, 0.5) is 5.69 Å². The van der Waals surface area contributed by atoms with Crippen LogP contribution in [-0.4, -0.2) is 40.2 Å². The fourth-order valence-electron chi connectivity index (χ4n) is 3.35. The molecule has 6 nitrogen and oxygen atoms in total. The van der Waals surface area contributed by atoms with Crippen molar-refractivity contribution in [1.82, 2.24) is 20.0 Å². The van der Waals surface area contributed by atoms with E-state index < -0.39 is 0 Å². The number of piperidine rings is 1. The van der Waals surface area contributed by atoms with E-state index in [4.69, 9.17) is 4.74 Å². The number of nitrogens with zero attached hydrogens (tertiary/aromatic N) is 5. The standard InChI is InChI=1S/C17H18BrN5O/c1-24-17-11-15-13(10-14(17)18)16(2-5-19-15)22-7-3-12(4-8-22)23-9-6-20-21-23/h2,5-6,9-12H,3-4,7-8H2,1H3. The lowest BCUT2D eigenvalue weighted by atomic mass is 10.0. The SMILES string of the molecule is COc1cc2nccc(N3CCC(n4ccnn4)CC3)c2cc1Br. The van der Waals surface area contributed by atoms with Gasteiger partial charge in [-0.25, -0.2) is 4.68 Å². The Morgan fingerprint density at radius 3 is 2.75 bits per heavy atom. The van der Waals surface area contributed by atoms with Gasteiger partial charge in [0.1, 0.15) is 5.75 Å². The highest BCUT2D eigenvalue weighted by Gasteiger charge is 2.22. The topological polar surface area (TPSA) is 56.1 Å². The van der Waals surface area contributed by atoms with E-state index in [-0.39, 0.29) is 0 Å². The van der Waals surface area contributed by atoms with Gasteiger partial charge in [-0.15, -0.1) is 5.10 Å². The van der Waals surface area contributed by atoms with Crippen molar-refractivity contribution in [2.75, 3.05) is 25.1 Å². The second-order valence-corrected chi connectivity index (χ2v) is 6.79. The molecule has 0 radical (unpaired) electrons. The second kappa shape index (κ2) is 6.39. The predicted molar refractivity (Wildman–Crippen MR) is 96.5 cm³/mol. The summed E-state index contributed by atoms with van der Waals surface area (Å²) in [6, 6.07) is 6.60. The zero-order valence-corrected chi connectivity index (χ0v) is 15.0. The zero-order chi connectivity index (χ0) is 16.5. The van der Waals surface area contributed by atoms with Crippen molar-refractivity contribution < 1.29 is 4.74 Å². The molecule has 0 aliphatic carbocycles. The lowest BCUT2D eigenvalue weighted by Gasteiger charge is -2.34. The van der Waals surface area contributed by atoms with Crippen molar-refractivity contribution >= 4 is 32.5 Å². The number of benzene rings is 1. The first-order chi connectivity index (χ1) is 11.8. The van der Waals surface area contributed by atoms with Crippen LogP contribution in [-0.2, 0) is 0 Å². The lowest BCUT2D eigenvalue weighted by molar-refractivity contribution is 0.360. The highest BCUT2D eigenvalue weighted by molar-refractivity contribution is 9.10. The van der Waals surface area contributed by atoms with Crippen molar-refractivity contribution in [2.24, 2.45) is 0 Å². The summed E-state index contributed by atoms with van der Waals surface area (Å²) in [6.07, 6.45) is 7.68. The van der Waals surface area contributed by atoms with Crippen LogP contribution in [0.25, 0.3) is 10.9 Å². The first-order valence-electron chi connectivity index (χ1n) is 7.99. The molecule has 1 fully saturated rings. The van der Waals surface area contributed by atoms with E-state index in [0.29, 0.717) is 6.04 Å². The van der Waals surface area contributed by atoms with Gasteiger partial charge in [0, 0.05) is 42.6 Å². The molecular formula is C17H18BrN5O. The third kappa shape index (κ3) is 2.73. The van der Waals surface area contributed by atoms with E-state index in [9.17, 15) is 0 Å². The quantitative estimate of drug-likeness (QED) is 0.688. The van der Waals surface area contributed by atoms with Gasteiger partial charge in [0.05, 0.1) is 29.3 Å². The maximum Gasteiger partial charge on any atom is 0.135 e. The Hall–Kier alpha value is -2.15. The van der Waals surface area contributed by atoms with Crippen LogP contribution >= 0.6 is 15.9 Å². The molecule has 4 rings (SSSR count). The van der Waals surface area contributed by atoms with Gasteiger partial charge in [0.2, 0.25) is 0 Å². The highest BCUT2D eigenvalue weighted by Crippen LogP contribution is 2.35. The molecule has 24 heavy (non-hydrogen) atoms. The maximum atomic E-state index is 5.38. The van der Waals surface area contributed by atoms with Crippen molar-refractivity contribution in [1.29, 1.82) is 0 Å². The minimum absolute atomic E-state index is 0.434. The maximum absolute atomic E-state index is 5.38. The monoisotopic (exact) mass is 387 g/mol. The Labute approximate surface area is 148 Å². The summed E-state index contributed by atoms with van der Waals surface area (Å²) in [6.45, 7) is 1.99. The molecule has 3 aromatic rings. The minimum Gasteiger partial charge on any atom is -0.495 e. The average Bonchev–Trinajstić information content (AvgIpc) is 3.15. The zero-order valence-electron chi connectivity index (χ0n) is 13.4. The molecular weight excluding hydrogens is 370 g/mol. The van der Waals surface area contributed by atoms with E-state index in [1.54, 1.807) is 13.3 Å². The molecule has 0 spiro atoms. The number of fused-ring (bicyclic) bond motifs is 1. The smallest absolute Gasteiger partial charge is 0.135 e. The van der Waals surface area contributed by atoms with Crippen LogP contribution in [0.1, 0.15) is 18.9 Å². The average molecular weight is 388 g/mol. The van der Waals surface area contributed by atoms with E-state index in [2.05, 4.69) is 48.3 Å². The fraction of sp³-hybridized carbons (Fsp3) is 0.353. The summed E-state index contributed by atoms with van der Waals surface area (Å²) < 4.78 is 8.30. The number of methoxy groups -OCH3 is 1. The summed E-state index contributed by atoms with van der Waals surface area (Å²) >= 11 is 3.58. The van der Waals surface area contributed by atoms with Gasteiger partial charge < -0.3 is 9.64 Å². The van der Waals surface area contributed by atoms with Crippen molar-refractivity contribution in [3.8, 4) is 5.75 Å².